The molecule has 74 valence electrons. The summed E-state index contributed by atoms with van der Waals surface area (Å²) in [6.45, 7) is 14.2. The van der Waals surface area contributed by atoms with Crippen LogP contribution in [0.2, 0.25) is 0 Å². The predicted octanol–water partition coefficient (Wildman–Crippen LogP) is 1.70. The lowest BCUT2D eigenvalue weighted by atomic mass is 9.87. The Balaban J connectivity index is 3.90. The molecule has 1 unspecified atom stereocenters. The molecular weight excluding hydrogens is 148 g/mol. The molecule has 0 rings (SSSR count). The van der Waals surface area contributed by atoms with Gasteiger partial charge in [0.1, 0.15) is 0 Å². The number of nitrogens with two attached hydrogens (primary N) is 1. The maximum Gasteiger partial charge on any atom is 0.0217 e. The summed E-state index contributed by atoms with van der Waals surface area (Å²) in [4.78, 5) is 2.37. The summed E-state index contributed by atoms with van der Waals surface area (Å²) in [6, 6.07) is 0.275. The quantitative estimate of drug-likeness (QED) is 0.699. The molecule has 2 heteroatoms. The Kier molecular flexibility index (Phi) is 4.80. The van der Waals surface area contributed by atoms with Gasteiger partial charge in [-0.15, -0.1) is 0 Å². The van der Waals surface area contributed by atoms with Gasteiger partial charge in [0.2, 0.25) is 0 Å². The average molecular weight is 172 g/mol. The van der Waals surface area contributed by atoms with E-state index >= 15 is 0 Å². The van der Waals surface area contributed by atoms with Crippen molar-refractivity contribution in [1.82, 2.24) is 4.90 Å². The minimum atomic E-state index is 0.225. The van der Waals surface area contributed by atoms with Crippen molar-refractivity contribution in [3.05, 3.63) is 0 Å². The largest absolute Gasteiger partial charge is 0.326 e. The third-order valence-electron chi connectivity index (χ3n) is 2.46. The van der Waals surface area contributed by atoms with E-state index in [4.69, 9.17) is 5.73 Å². The van der Waals surface area contributed by atoms with Crippen LogP contribution in [0, 0.1) is 5.41 Å². The average Bonchev–Trinajstić information content (AvgIpc) is 1.97. The number of rotatable bonds is 4. The zero-order chi connectivity index (χ0) is 9.78. The van der Waals surface area contributed by atoms with Crippen molar-refractivity contribution < 1.29 is 0 Å². The Bertz CT molecular complexity index is 111. The van der Waals surface area contributed by atoms with E-state index in [-0.39, 0.29) is 11.5 Å². The van der Waals surface area contributed by atoms with E-state index in [1.165, 1.54) is 0 Å². The van der Waals surface area contributed by atoms with Crippen molar-refractivity contribution in [2.75, 3.05) is 19.6 Å². The van der Waals surface area contributed by atoms with Crippen LogP contribution in [0.15, 0.2) is 0 Å². The van der Waals surface area contributed by atoms with Gasteiger partial charge in [0.15, 0.2) is 0 Å². The molecule has 1 atom stereocenters. The van der Waals surface area contributed by atoms with E-state index in [0.717, 1.165) is 19.6 Å². The first-order valence-electron chi connectivity index (χ1n) is 4.89. The number of hydrogen-bond donors (Lipinski definition) is 1. The van der Waals surface area contributed by atoms with E-state index in [1.807, 2.05) is 0 Å². The molecule has 0 aliphatic rings. The molecule has 0 bridgehead atoms. The molecule has 0 heterocycles. The fourth-order valence-corrected chi connectivity index (χ4v) is 1.03. The van der Waals surface area contributed by atoms with Crippen LogP contribution in [0.3, 0.4) is 0 Å². The van der Waals surface area contributed by atoms with Crippen LogP contribution < -0.4 is 5.73 Å². The van der Waals surface area contributed by atoms with Gasteiger partial charge in [-0.2, -0.15) is 0 Å². The molecular formula is C10H24N2. The van der Waals surface area contributed by atoms with Gasteiger partial charge in [-0.1, -0.05) is 34.6 Å². The molecule has 0 aliphatic carbocycles. The molecule has 0 aromatic carbocycles. The second-order valence-electron chi connectivity index (χ2n) is 4.46. The standard InChI is InChI=1S/C10H24N2/c1-6-12(7-2)8-9(11)10(3,4)5/h9H,6-8,11H2,1-5H3. The second-order valence-corrected chi connectivity index (χ2v) is 4.46. The Morgan fingerprint density at radius 2 is 1.58 bits per heavy atom. The topological polar surface area (TPSA) is 29.3 Å². The summed E-state index contributed by atoms with van der Waals surface area (Å²) >= 11 is 0. The van der Waals surface area contributed by atoms with Gasteiger partial charge < -0.3 is 10.6 Å². The minimum absolute atomic E-state index is 0.225. The van der Waals surface area contributed by atoms with E-state index in [9.17, 15) is 0 Å². The first kappa shape index (κ1) is 11.9. The Hall–Kier alpha value is -0.0800. The summed E-state index contributed by atoms with van der Waals surface area (Å²) in [5, 5.41) is 0. The normalized spacial score (nSPS) is 15.2. The maximum atomic E-state index is 6.06. The summed E-state index contributed by atoms with van der Waals surface area (Å²) in [5.41, 5.74) is 6.29. The van der Waals surface area contributed by atoms with Crippen LogP contribution >= 0.6 is 0 Å². The van der Waals surface area contributed by atoms with Crippen LogP contribution in [0.1, 0.15) is 34.6 Å². The highest BCUT2D eigenvalue weighted by Crippen LogP contribution is 2.17. The molecule has 0 radical (unpaired) electrons. The number of nitrogens with zero attached hydrogens (tertiary/aromatic N) is 1. The van der Waals surface area contributed by atoms with Crippen molar-refractivity contribution in [1.29, 1.82) is 0 Å². The van der Waals surface area contributed by atoms with Crippen molar-refractivity contribution in [2.45, 2.75) is 40.7 Å². The van der Waals surface area contributed by atoms with E-state index in [0.29, 0.717) is 0 Å². The molecule has 0 amide bonds. The molecule has 0 saturated carbocycles. The maximum absolute atomic E-state index is 6.06. The summed E-state index contributed by atoms with van der Waals surface area (Å²) in [6.07, 6.45) is 0. The Labute approximate surface area is 77.1 Å². The smallest absolute Gasteiger partial charge is 0.0217 e. The SMILES string of the molecule is CCN(CC)CC(N)C(C)(C)C. The highest BCUT2D eigenvalue weighted by atomic mass is 15.1. The predicted molar refractivity (Wildman–Crippen MR) is 55.2 cm³/mol. The monoisotopic (exact) mass is 172 g/mol. The highest BCUT2D eigenvalue weighted by Gasteiger charge is 2.21. The lowest BCUT2D eigenvalue weighted by Gasteiger charge is -2.31. The third-order valence-corrected chi connectivity index (χ3v) is 2.46. The van der Waals surface area contributed by atoms with Crippen molar-refractivity contribution in [3.63, 3.8) is 0 Å². The van der Waals surface area contributed by atoms with Gasteiger partial charge in [-0.25, -0.2) is 0 Å². The first-order chi connectivity index (χ1) is 5.41. The molecule has 12 heavy (non-hydrogen) atoms. The molecule has 0 spiro atoms. The van der Waals surface area contributed by atoms with Crippen LogP contribution in [-0.2, 0) is 0 Å². The third kappa shape index (κ3) is 4.07. The molecule has 2 nitrogen and oxygen atoms in total. The van der Waals surface area contributed by atoms with Crippen LogP contribution in [0.25, 0.3) is 0 Å². The van der Waals surface area contributed by atoms with Crippen molar-refractivity contribution >= 4 is 0 Å². The fraction of sp³-hybridized carbons (Fsp3) is 1.00. The summed E-state index contributed by atoms with van der Waals surface area (Å²) < 4.78 is 0. The summed E-state index contributed by atoms with van der Waals surface area (Å²) in [5.74, 6) is 0. The minimum Gasteiger partial charge on any atom is -0.326 e. The zero-order valence-corrected chi connectivity index (χ0v) is 9.22. The van der Waals surface area contributed by atoms with Gasteiger partial charge in [-0.05, 0) is 18.5 Å². The van der Waals surface area contributed by atoms with Gasteiger partial charge >= 0.3 is 0 Å². The van der Waals surface area contributed by atoms with Crippen LogP contribution in [-0.4, -0.2) is 30.6 Å². The molecule has 2 N–H and O–H groups in total. The van der Waals surface area contributed by atoms with E-state index in [2.05, 4.69) is 39.5 Å². The van der Waals surface area contributed by atoms with Crippen molar-refractivity contribution in [2.24, 2.45) is 11.1 Å². The van der Waals surface area contributed by atoms with Crippen LogP contribution in [0.5, 0.6) is 0 Å². The highest BCUT2D eigenvalue weighted by molar-refractivity contribution is 4.79. The Morgan fingerprint density at radius 3 is 1.83 bits per heavy atom. The fourth-order valence-electron chi connectivity index (χ4n) is 1.03. The van der Waals surface area contributed by atoms with E-state index < -0.39 is 0 Å². The lowest BCUT2D eigenvalue weighted by Crippen LogP contribution is -2.45. The molecule has 0 aromatic heterocycles. The lowest BCUT2D eigenvalue weighted by molar-refractivity contribution is 0.212. The van der Waals surface area contributed by atoms with Crippen molar-refractivity contribution in [3.8, 4) is 0 Å². The molecule has 0 fully saturated rings. The Morgan fingerprint density at radius 1 is 1.17 bits per heavy atom. The molecule has 0 aromatic rings. The molecule has 0 aliphatic heterocycles. The van der Waals surface area contributed by atoms with Gasteiger partial charge in [0.05, 0.1) is 0 Å². The number of hydrogen-bond acceptors (Lipinski definition) is 2. The number of likely N-dealkylation sites (N-methyl/N-ethyl adjacent to an activating group) is 1. The van der Waals surface area contributed by atoms with Gasteiger partial charge in [-0.3, -0.25) is 0 Å². The van der Waals surface area contributed by atoms with E-state index in [1.54, 1.807) is 0 Å². The van der Waals surface area contributed by atoms with Crippen LogP contribution in [0.4, 0.5) is 0 Å². The molecule has 0 saturated heterocycles. The zero-order valence-electron chi connectivity index (χ0n) is 9.22. The first-order valence-corrected chi connectivity index (χ1v) is 4.89. The second kappa shape index (κ2) is 4.83. The summed E-state index contributed by atoms with van der Waals surface area (Å²) in [7, 11) is 0. The van der Waals surface area contributed by atoms with Gasteiger partial charge in [0, 0.05) is 12.6 Å². The van der Waals surface area contributed by atoms with Gasteiger partial charge in [0.25, 0.3) is 0 Å².